The van der Waals surface area contributed by atoms with Crippen LogP contribution in [0.15, 0.2) is 10.5 Å². The van der Waals surface area contributed by atoms with Crippen molar-refractivity contribution >= 4 is 38.7 Å². The number of aromatic nitrogens is 2. The van der Waals surface area contributed by atoms with Gasteiger partial charge in [0.15, 0.2) is 5.82 Å². The quantitative estimate of drug-likeness (QED) is 0.345. The number of piperazine rings is 1. The molecule has 1 amide bonds. The molecule has 43 heavy (non-hydrogen) atoms. The summed E-state index contributed by atoms with van der Waals surface area (Å²) in [4.78, 5) is 27.1. The molecule has 0 bridgehead atoms. The van der Waals surface area contributed by atoms with E-state index in [9.17, 15) is 22.4 Å². The van der Waals surface area contributed by atoms with E-state index in [2.05, 4.69) is 35.5 Å². The van der Waals surface area contributed by atoms with Crippen molar-refractivity contribution in [2.24, 2.45) is 0 Å². The highest BCUT2D eigenvalue weighted by Gasteiger charge is 2.49. The highest BCUT2D eigenvalue weighted by atomic mass is 79.9. The van der Waals surface area contributed by atoms with E-state index in [4.69, 9.17) is 9.47 Å². The molecule has 0 aliphatic carbocycles. The number of carbonyl (C=O) groups excluding carboxylic acids is 1. The Labute approximate surface area is 254 Å². The molecule has 3 fully saturated rings. The second kappa shape index (κ2) is 11.4. The number of rotatable bonds is 5. The van der Waals surface area contributed by atoms with Gasteiger partial charge in [-0.25, -0.2) is 13.6 Å². The lowest BCUT2D eigenvalue weighted by Gasteiger charge is -2.45. The van der Waals surface area contributed by atoms with Crippen molar-refractivity contribution in [1.29, 1.82) is 0 Å². The van der Waals surface area contributed by atoms with E-state index in [1.807, 2.05) is 6.92 Å². The molecule has 1 aromatic carbocycles. The number of anilines is 1. The first kappa shape index (κ1) is 31.7. The summed E-state index contributed by atoms with van der Waals surface area (Å²) >= 11 is 2.88. The van der Waals surface area contributed by atoms with E-state index in [0.717, 1.165) is 25.5 Å². The van der Waals surface area contributed by atoms with E-state index in [1.165, 1.54) is 0 Å². The summed E-state index contributed by atoms with van der Waals surface area (Å²) in [5.41, 5.74) is -1.50. The first-order valence-electron chi connectivity index (χ1n) is 14.2. The van der Waals surface area contributed by atoms with Gasteiger partial charge in [-0.05, 0) is 76.0 Å². The van der Waals surface area contributed by atoms with Gasteiger partial charge in [0.25, 0.3) is 0 Å². The van der Waals surface area contributed by atoms with Crippen molar-refractivity contribution in [1.82, 2.24) is 19.8 Å². The standard InChI is InChI=1S/C28H35BrF5N5O4/c1-15-12-39(25(40)43-26(3,4)5)16(2)11-38(15)23-18-9-19(42-28(32,33)34)20(29)21(31)22(18)35-24(36-23)41-14-27-7-6-8-37(27)13-17(30)10-27/h9,15-17H,6-8,10-14H2,1-5H3/t15-,16+,17+,27-/m0/s1. The Kier molecular flexibility index (Phi) is 8.38. The maximum Gasteiger partial charge on any atom is 0.573 e. The van der Waals surface area contributed by atoms with Crippen molar-refractivity contribution in [2.75, 3.05) is 37.7 Å². The molecule has 238 valence electrons. The van der Waals surface area contributed by atoms with E-state index in [-0.39, 0.29) is 42.4 Å². The second-order valence-corrected chi connectivity index (χ2v) is 13.4. The highest BCUT2D eigenvalue weighted by molar-refractivity contribution is 9.10. The zero-order valence-corrected chi connectivity index (χ0v) is 26.2. The molecule has 15 heteroatoms. The summed E-state index contributed by atoms with van der Waals surface area (Å²) in [7, 11) is 0. The van der Waals surface area contributed by atoms with Gasteiger partial charge < -0.3 is 24.0 Å². The Morgan fingerprint density at radius 1 is 1.14 bits per heavy atom. The molecule has 3 saturated heterocycles. The number of hydrogen-bond donors (Lipinski definition) is 0. The second-order valence-electron chi connectivity index (χ2n) is 12.6. The molecular formula is C28H35BrF5N5O4. The maximum atomic E-state index is 15.7. The van der Waals surface area contributed by atoms with Crippen LogP contribution in [0.1, 0.15) is 53.9 Å². The molecule has 1 aromatic heterocycles. The number of ether oxygens (including phenoxy) is 3. The molecule has 9 nitrogen and oxygen atoms in total. The molecule has 2 aromatic rings. The third kappa shape index (κ3) is 6.57. The van der Waals surface area contributed by atoms with Gasteiger partial charge in [0.05, 0.1) is 10.0 Å². The van der Waals surface area contributed by atoms with Crippen molar-refractivity contribution in [2.45, 2.75) is 89.6 Å². The molecule has 5 rings (SSSR count). The molecule has 0 radical (unpaired) electrons. The maximum absolute atomic E-state index is 15.7. The van der Waals surface area contributed by atoms with Crippen LogP contribution in [0.4, 0.5) is 32.6 Å². The monoisotopic (exact) mass is 679 g/mol. The van der Waals surface area contributed by atoms with Gasteiger partial charge in [-0.1, -0.05) is 0 Å². The van der Waals surface area contributed by atoms with Crippen LogP contribution in [0, 0.1) is 5.82 Å². The van der Waals surface area contributed by atoms with E-state index in [0.29, 0.717) is 13.0 Å². The Morgan fingerprint density at radius 2 is 1.86 bits per heavy atom. The van der Waals surface area contributed by atoms with Gasteiger partial charge in [0.2, 0.25) is 0 Å². The van der Waals surface area contributed by atoms with Crippen LogP contribution >= 0.6 is 15.9 Å². The average molecular weight is 681 g/mol. The zero-order valence-electron chi connectivity index (χ0n) is 24.6. The van der Waals surface area contributed by atoms with Crippen molar-refractivity contribution in [3.63, 3.8) is 0 Å². The molecule has 0 N–H and O–H groups in total. The lowest BCUT2D eigenvalue weighted by Crippen LogP contribution is -2.59. The molecule has 0 saturated carbocycles. The molecular weight excluding hydrogens is 645 g/mol. The number of carbonyl (C=O) groups is 1. The average Bonchev–Trinajstić information content (AvgIpc) is 3.40. The SMILES string of the molecule is C[C@@H]1CN(c2nc(OC[C@@]34CCCN3C[C@H](F)C4)nc3c(F)c(Br)c(OC(F)(F)F)cc23)[C@@H](C)CN1C(=O)OC(C)(C)C. The summed E-state index contributed by atoms with van der Waals surface area (Å²) in [6, 6.07) is 0.0575. The van der Waals surface area contributed by atoms with Gasteiger partial charge in [-0.3, -0.25) is 4.90 Å². The summed E-state index contributed by atoms with van der Waals surface area (Å²) in [6.07, 6.45) is -4.64. The highest BCUT2D eigenvalue weighted by Crippen LogP contribution is 2.43. The lowest BCUT2D eigenvalue weighted by molar-refractivity contribution is -0.274. The van der Waals surface area contributed by atoms with Crippen LogP contribution in [-0.2, 0) is 4.74 Å². The zero-order chi connectivity index (χ0) is 31.5. The van der Waals surface area contributed by atoms with Crippen LogP contribution in [0.2, 0.25) is 0 Å². The summed E-state index contributed by atoms with van der Waals surface area (Å²) in [6.45, 7) is 10.5. The van der Waals surface area contributed by atoms with Gasteiger partial charge in [0, 0.05) is 43.5 Å². The van der Waals surface area contributed by atoms with E-state index in [1.54, 1.807) is 37.5 Å². The minimum atomic E-state index is -5.07. The smallest absolute Gasteiger partial charge is 0.461 e. The number of fused-ring (bicyclic) bond motifs is 2. The van der Waals surface area contributed by atoms with Gasteiger partial charge in [-0.15, -0.1) is 13.2 Å². The first-order valence-corrected chi connectivity index (χ1v) is 15.0. The lowest BCUT2D eigenvalue weighted by atomic mass is 9.95. The number of alkyl halides is 4. The first-order chi connectivity index (χ1) is 20.0. The largest absolute Gasteiger partial charge is 0.573 e. The molecule has 4 atom stereocenters. The fraction of sp³-hybridized carbons (Fsp3) is 0.679. The predicted molar refractivity (Wildman–Crippen MR) is 152 cm³/mol. The number of nitrogens with zero attached hydrogens (tertiary/aromatic N) is 5. The number of benzene rings is 1. The summed E-state index contributed by atoms with van der Waals surface area (Å²) in [5, 5.41) is -0.0255. The minimum Gasteiger partial charge on any atom is -0.461 e. The predicted octanol–water partition coefficient (Wildman–Crippen LogP) is 6.22. The Balaban J connectivity index is 1.53. The number of halogens is 6. The van der Waals surface area contributed by atoms with Crippen LogP contribution < -0.4 is 14.4 Å². The Morgan fingerprint density at radius 3 is 2.53 bits per heavy atom. The van der Waals surface area contributed by atoms with Gasteiger partial charge in [-0.2, -0.15) is 9.97 Å². The molecule has 3 aliphatic heterocycles. The molecule has 0 unspecified atom stereocenters. The van der Waals surface area contributed by atoms with Crippen molar-refractivity contribution in [3.05, 3.63) is 16.4 Å². The third-order valence-corrected chi connectivity index (χ3v) is 8.88. The summed E-state index contributed by atoms with van der Waals surface area (Å²) < 4.78 is 84.7. The normalized spacial score (nSPS) is 26.6. The van der Waals surface area contributed by atoms with Crippen molar-refractivity contribution < 1.29 is 41.0 Å². The number of hydrogen-bond acceptors (Lipinski definition) is 8. The molecule has 4 heterocycles. The third-order valence-electron chi connectivity index (χ3n) is 8.14. The van der Waals surface area contributed by atoms with Crippen LogP contribution in [0.25, 0.3) is 10.9 Å². The molecule has 0 spiro atoms. The van der Waals surface area contributed by atoms with Crippen LogP contribution in [-0.4, -0.2) is 94.4 Å². The van der Waals surface area contributed by atoms with Crippen LogP contribution in [0.3, 0.4) is 0 Å². The Hall–Kier alpha value is -2.68. The fourth-order valence-electron chi connectivity index (χ4n) is 6.27. The van der Waals surface area contributed by atoms with Crippen molar-refractivity contribution in [3.8, 4) is 11.8 Å². The minimum absolute atomic E-state index is 0.0255. The fourth-order valence-corrected chi connectivity index (χ4v) is 6.65. The Bertz CT molecular complexity index is 1390. The van der Waals surface area contributed by atoms with Gasteiger partial charge >= 0.3 is 18.5 Å². The van der Waals surface area contributed by atoms with Gasteiger partial charge in [0.1, 0.15) is 35.5 Å². The van der Waals surface area contributed by atoms with E-state index >= 15 is 4.39 Å². The molecule has 3 aliphatic rings. The van der Waals surface area contributed by atoms with Crippen LogP contribution in [0.5, 0.6) is 11.8 Å². The van der Waals surface area contributed by atoms with E-state index < -0.39 is 57.9 Å². The number of amides is 1. The summed E-state index contributed by atoms with van der Waals surface area (Å²) in [5.74, 6) is -1.74. The topological polar surface area (TPSA) is 80.3 Å².